The summed E-state index contributed by atoms with van der Waals surface area (Å²) in [5.41, 5.74) is 5.93. The van der Waals surface area contributed by atoms with Gasteiger partial charge in [0.25, 0.3) is 5.92 Å². The Hall–Kier alpha value is -1.80. The number of nitrogens with two attached hydrogens (primary N) is 1. The minimum Gasteiger partial charge on any atom is -0.496 e. The van der Waals surface area contributed by atoms with Crippen molar-refractivity contribution in [3.63, 3.8) is 0 Å². The van der Waals surface area contributed by atoms with E-state index in [1.54, 1.807) is 0 Å². The number of methoxy groups -OCH3 is 2. The van der Waals surface area contributed by atoms with Gasteiger partial charge in [0.1, 0.15) is 11.5 Å². The van der Waals surface area contributed by atoms with Crippen molar-refractivity contribution < 1.29 is 18.3 Å². The van der Waals surface area contributed by atoms with Crippen LogP contribution in [0.2, 0.25) is 0 Å². The van der Waals surface area contributed by atoms with Crippen molar-refractivity contribution in [1.82, 2.24) is 0 Å². The van der Waals surface area contributed by atoms with Crippen LogP contribution in [0.1, 0.15) is 17.5 Å². The largest absolute Gasteiger partial charge is 0.496 e. The van der Waals surface area contributed by atoms with E-state index >= 15 is 0 Å². The summed E-state index contributed by atoms with van der Waals surface area (Å²) < 4.78 is 38.0. The molecule has 0 spiro atoms. The van der Waals surface area contributed by atoms with Gasteiger partial charge in [0.2, 0.25) is 0 Å². The van der Waals surface area contributed by atoms with E-state index in [4.69, 9.17) is 21.6 Å². The first-order chi connectivity index (χ1) is 9.00. The number of ether oxygens (including phenoxy) is 2. The van der Waals surface area contributed by atoms with E-state index in [0.29, 0.717) is 18.7 Å². The van der Waals surface area contributed by atoms with Crippen molar-refractivity contribution in [2.75, 3.05) is 20.8 Å². The monoisotopic (exact) mass is 269 g/mol. The number of hydrogen-bond donors (Lipinski definition) is 1. The van der Waals surface area contributed by atoms with Crippen LogP contribution in [0.5, 0.6) is 11.5 Å². The molecular formula is C14H17F2NO2. The van der Waals surface area contributed by atoms with Gasteiger partial charge >= 0.3 is 0 Å². The van der Waals surface area contributed by atoms with E-state index in [-0.39, 0.29) is 11.3 Å². The summed E-state index contributed by atoms with van der Waals surface area (Å²) in [7, 11) is 2.76. The molecule has 19 heavy (non-hydrogen) atoms. The second kappa shape index (κ2) is 6.39. The summed E-state index contributed by atoms with van der Waals surface area (Å²) in [6.45, 7) is 0.389. The van der Waals surface area contributed by atoms with Crippen molar-refractivity contribution in [2.45, 2.75) is 18.8 Å². The Labute approximate surface area is 111 Å². The highest BCUT2D eigenvalue weighted by Crippen LogP contribution is 2.41. The Bertz CT molecular complexity index is 481. The maximum atomic E-state index is 13.9. The zero-order chi connectivity index (χ0) is 14.5. The minimum atomic E-state index is -3.16. The van der Waals surface area contributed by atoms with Gasteiger partial charge in [-0.2, -0.15) is 0 Å². The van der Waals surface area contributed by atoms with Gasteiger partial charge in [0, 0.05) is 0 Å². The quantitative estimate of drug-likeness (QED) is 0.806. The molecule has 2 N–H and O–H groups in total. The zero-order valence-corrected chi connectivity index (χ0v) is 11.0. The lowest BCUT2D eigenvalue weighted by Crippen LogP contribution is -2.15. The lowest BCUT2D eigenvalue weighted by atomic mass is 10.00. The maximum Gasteiger partial charge on any atom is 0.287 e. The first-order valence-electron chi connectivity index (χ1n) is 5.76. The number of benzene rings is 1. The van der Waals surface area contributed by atoms with Gasteiger partial charge in [-0.05, 0) is 30.7 Å². The molecule has 0 atom stereocenters. The van der Waals surface area contributed by atoms with Gasteiger partial charge in [-0.1, -0.05) is 0 Å². The molecule has 3 nitrogen and oxygen atoms in total. The van der Waals surface area contributed by atoms with E-state index in [1.165, 1.54) is 26.4 Å². The molecule has 0 fully saturated rings. The predicted octanol–water partition coefficient (Wildman–Crippen LogP) is 2.32. The van der Waals surface area contributed by atoms with Gasteiger partial charge in [-0.3, -0.25) is 0 Å². The molecule has 0 saturated carbocycles. The second-order valence-electron chi connectivity index (χ2n) is 3.99. The third-order valence-corrected chi connectivity index (χ3v) is 2.73. The van der Waals surface area contributed by atoms with Crippen LogP contribution in [0.25, 0.3) is 0 Å². The van der Waals surface area contributed by atoms with Crippen LogP contribution in [0.3, 0.4) is 0 Å². The molecule has 0 saturated heterocycles. The van der Waals surface area contributed by atoms with E-state index in [1.807, 2.05) is 5.92 Å². The molecule has 0 aromatic heterocycles. The SMILES string of the molecule is C#CCC(F)(F)c1cc(OC)c(CCN)cc1OC. The lowest BCUT2D eigenvalue weighted by Gasteiger charge is -2.20. The Kier molecular flexibility index (Phi) is 5.13. The average molecular weight is 269 g/mol. The fourth-order valence-corrected chi connectivity index (χ4v) is 1.82. The topological polar surface area (TPSA) is 44.5 Å². The van der Waals surface area contributed by atoms with Crippen LogP contribution in [-0.2, 0) is 12.3 Å². The summed E-state index contributed by atoms with van der Waals surface area (Å²) in [4.78, 5) is 0. The molecule has 0 radical (unpaired) electrons. The third-order valence-electron chi connectivity index (χ3n) is 2.73. The molecule has 0 unspecified atom stereocenters. The summed E-state index contributed by atoms with van der Waals surface area (Å²) in [6.07, 6.45) is 4.80. The van der Waals surface area contributed by atoms with Crippen molar-refractivity contribution in [3.8, 4) is 23.8 Å². The fraction of sp³-hybridized carbons (Fsp3) is 0.429. The van der Waals surface area contributed by atoms with Crippen molar-refractivity contribution in [1.29, 1.82) is 0 Å². The number of hydrogen-bond acceptors (Lipinski definition) is 3. The smallest absolute Gasteiger partial charge is 0.287 e. The number of alkyl halides is 2. The highest BCUT2D eigenvalue weighted by molar-refractivity contribution is 5.49. The fourth-order valence-electron chi connectivity index (χ4n) is 1.82. The van der Waals surface area contributed by atoms with Gasteiger partial charge < -0.3 is 15.2 Å². The molecule has 5 heteroatoms. The molecule has 0 heterocycles. The number of rotatable bonds is 6. The number of terminal acetylenes is 1. The third kappa shape index (κ3) is 3.36. The van der Waals surface area contributed by atoms with Crippen molar-refractivity contribution in [2.24, 2.45) is 5.73 Å². The normalized spacial score (nSPS) is 10.9. The molecule has 1 rings (SSSR count). The first kappa shape index (κ1) is 15.3. The van der Waals surface area contributed by atoms with E-state index < -0.39 is 12.3 Å². The van der Waals surface area contributed by atoms with Crippen molar-refractivity contribution >= 4 is 0 Å². The summed E-state index contributed by atoms with van der Waals surface area (Å²) in [5, 5.41) is 0. The number of halogens is 2. The molecule has 1 aromatic rings. The highest BCUT2D eigenvalue weighted by Gasteiger charge is 2.35. The van der Waals surface area contributed by atoms with Gasteiger partial charge in [0.05, 0.1) is 26.2 Å². The Morgan fingerprint density at radius 1 is 1.26 bits per heavy atom. The van der Waals surface area contributed by atoms with Gasteiger partial charge in [-0.15, -0.1) is 12.3 Å². The van der Waals surface area contributed by atoms with Crippen LogP contribution in [0.4, 0.5) is 8.78 Å². The van der Waals surface area contributed by atoms with E-state index in [0.717, 1.165) is 5.56 Å². The molecule has 1 aromatic carbocycles. The minimum absolute atomic E-state index is 0.0875. The predicted molar refractivity (Wildman–Crippen MR) is 69.6 cm³/mol. The summed E-state index contributed by atoms with van der Waals surface area (Å²) in [5.74, 6) is -0.743. The van der Waals surface area contributed by atoms with Gasteiger partial charge in [0.15, 0.2) is 0 Å². The Morgan fingerprint density at radius 2 is 1.89 bits per heavy atom. The average Bonchev–Trinajstić information content (AvgIpc) is 2.38. The Morgan fingerprint density at radius 3 is 2.37 bits per heavy atom. The van der Waals surface area contributed by atoms with Crippen molar-refractivity contribution in [3.05, 3.63) is 23.3 Å². The molecule has 0 aliphatic heterocycles. The van der Waals surface area contributed by atoms with Crippen LogP contribution < -0.4 is 15.2 Å². The molecule has 0 amide bonds. The van der Waals surface area contributed by atoms with Crippen LogP contribution >= 0.6 is 0 Å². The highest BCUT2D eigenvalue weighted by atomic mass is 19.3. The van der Waals surface area contributed by atoms with Crippen LogP contribution in [-0.4, -0.2) is 20.8 Å². The van der Waals surface area contributed by atoms with Crippen LogP contribution in [0, 0.1) is 12.3 Å². The van der Waals surface area contributed by atoms with E-state index in [9.17, 15) is 8.78 Å². The van der Waals surface area contributed by atoms with Crippen LogP contribution in [0.15, 0.2) is 12.1 Å². The van der Waals surface area contributed by atoms with Gasteiger partial charge in [-0.25, -0.2) is 8.78 Å². The first-order valence-corrected chi connectivity index (χ1v) is 5.76. The molecule has 0 aliphatic rings. The molecule has 0 aliphatic carbocycles. The maximum absolute atomic E-state index is 13.9. The Balaban J connectivity index is 3.36. The molecule has 104 valence electrons. The second-order valence-corrected chi connectivity index (χ2v) is 3.99. The standard InChI is InChI=1S/C14H17F2NO2/c1-4-6-14(15,16)11-9-12(18-2)10(5-7-17)8-13(11)19-3/h1,8-9H,5-7,17H2,2-3H3. The molecule has 0 bridgehead atoms. The van der Waals surface area contributed by atoms with E-state index in [2.05, 4.69) is 0 Å². The molecular weight excluding hydrogens is 252 g/mol. The lowest BCUT2D eigenvalue weighted by molar-refractivity contribution is -0.00101. The zero-order valence-electron chi connectivity index (χ0n) is 11.0. The summed E-state index contributed by atoms with van der Waals surface area (Å²) in [6, 6.07) is 2.78. The summed E-state index contributed by atoms with van der Waals surface area (Å²) >= 11 is 0.